The first-order valence-corrected chi connectivity index (χ1v) is 5.85. The van der Waals surface area contributed by atoms with E-state index in [4.69, 9.17) is 5.73 Å². The van der Waals surface area contributed by atoms with Gasteiger partial charge in [-0.1, -0.05) is 26.0 Å². The van der Waals surface area contributed by atoms with Crippen molar-refractivity contribution in [3.63, 3.8) is 0 Å². The summed E-state index contributed by atoms with van der Waals surface area (Å²) in [6.07, 6.45) is 1.17. The van der Waals surface area contributed by atoms with Gasteiger partial charge in [0.1, 0.15) is 5.82 Å². The lowest BCUT2D eigenvalue weighted by Crippen LogP contribution is -2.11. The van der Waals surface area contributed by atoms with Crippen LogP contribution in [0.15, 0.2) is 24.3 Å². The fourth-order valence-electron chi connectivity index (χ4n) is 2.08. The summed E-state index contributed by atoms with van der Waals surface area (Å²) in [4.78, 5) is 8.53. The molecule has 17 heavy (non-hydrogen) atoms. The lowest BCUT2D eigenvalue weighted by molar-refractivity contribution is 0.630. The molecular formula is C13H16N4. The third-order valence-electron chi connectivity index (χ3n) is 3.44. The third kappa shape index (κ3) is 1.79. The second-order valence-electron chi connectivity index (χ2n) is 5.34. The highest BCUT2D eigenvalue weighted by atomic mass is 15.1. The Kier molecular flexibility index (Phi) is 2.02. The minimum absolute atomic E-state index is 0.324. The van der Waals surface area contributed by atoms with Crippen molar-refractivity contribution in [1.29, 1.82) is 0 Å². The molecule has 0 bridgehead atoms. The zero-order valence-corrected chi connectivity index (χ0v) is 10.1. The van der Waals surface area contributed by atoms with Gasteiger partial charge in [0.15, 0.2) is 0 Å². The van der Waals surface area contributed by atoms with Crippen molar-refractivity contribution in [3.05, 3.63) is 24.3 Å². The Hall–Kier alpha value is -1.84. The van der Waals surface area contributed by atoms with E-state index in [-0.39, 0.29) is 0 Å². The number of nitrogens with one attached hydrogen (secondary N) is 1. The van der Waals surface area contributed by atoms with Gasteiger partial charge in [-0.2, -0.15) is 4.98 Å². The van der Waals surface area contributed by atoms with Crippen LogP contribution in [0.2, 0.25) is 0 Å². The van der Waals surface area contributed by atoms with E-state index in [0.29, 0.717) is 17.4 Å². The summed E-state index contributed by atoms with van der Waals surface area (Å²) < 4.78 is 0. The zero-order valence-electron chi connectivity index (χ0n) is 10.1. The van der Waals surface area contributed by atoms with Crippen molar-refractivity contribution in [3.8, 4) is 0 Å². The zero-order chi connectivity index (χ0) is 12.0. The molecule has 0 spiro atoms. The first kappa shape index (κ1) is 10.3. The summed E-state index contributed by atoms with van der Waals surface area (Å²) in [5, 5.41) is 4.49. The smallest absolute Gasteiger partial charge is 0.222 e. The fraction of sp³-hybridized carbons (Fsp3) is 0.385. The summed E-state index contributed by atoms with van der Waals surface area (Å²) in [5.41, 5.74) is 6.98. The van der Waals surface area contributed by atoms with Crippen LogP contribution < -0.4 is 11.1 Å². The molecule has 1 unspecified atom stereocenters. The summed E-state index contributed by atoms with van der Waals surface area (Å²) in [6, 6.07) is 8.41. The maximum atomic E-state index is 5.73. The van der Waals surface area contributed by atoms with Gasteiger partial charge in [-0.05, 0) is 24.0 Å². The largest absolute Gasteiger partial charge is 0.368 e. The third-order valence-corrected chi connectivity index (χ3v) is 3.44. The van der Waals surface area contributed by atoms with Crippen LogP contribution >= 0.6 is 0 Å². The number of nitrogens with zero attached hydrogens (tertiary/aromatic N) is 2. The average Bonchev–Trinajstić information content (AvgIpc) is 2.85. The Morgan fingerprint density at radius 3 is 2.71 bits per heavy atom. The van der Waals surface area contributed by atoms with E-state index in [1.807, 2.05) is 24.3 Å². The Bertz CT molecular complexity index is 577. The second kappa shape index (κ2) is 3.32. The van der Waals surface area contributed by atoms with Gasteiger partial charge in [0, 0.05) is 11.4 Å². The van der Waals surface area contributed by atoms with Crippen LogP contribution in [0.4, 0.5) is 11.8 Å². The fourth-order valence-corrected chi connectivity index (χ4v) is 2.08. The molecule has 88 valence electrons. The SMILES string of the molecule is CC1(C)CC1Nc1nc(N)nc2ccccc12. The Morgan fingerprint density at radius 1 is 1.29 bits per heavy atom. The molecule has 4 heteroatoms. The number of rotatable bonds is 2. The highest BCUT2D eigenvalue weighted by molar-refractivity contribution is 5.90. The molecular weight excluding hydrogens is 212 g/mol. The van der Waals surface area contributed by atoms with E-state index in [1.165, 1.54) is 6.42 Å². The molecule has 1 aromatic heterocycles. The van der Waals surface area contributed by atoms with Gasteiger partial charge < -0.3 is 11.1 Å². The number of fused-ring (bicyclic) bond motifs is 1. The van der Waals surface area contributed by atoms with Crippen molar-refractivity contribution in [1.82, 2.24) is 9.97 Å². The monoisotopic (exact) mass is 228 g/mol. The van der Waals surface area contributed by atoms with Gasteiger partial charge >= 0.3 is 0 Å². The maximum absolute atomic E-state index is 5.73. The van der Waals surface area contributed by atoms with E-state index in [1.54, 1.807) is 0 Å². The van der Waals surface area contributed by atoms with Crippen LogP contribution in [0.25, 0.3) is 10.9 Å². The van der Waals surface area contributed by atoms with E-state index in [2.05, 4.69) is 29.1 Å². The van der Waals surface area contributed by atoms with E-state index < -0.39 is 0 Å². The van der Waals surface area contributed by atoms with Crippen molar-refractivity contribution < 1.29 is 0 Å². The molecule has 0 radical (unpaired) electrons. The Balaban J connectivity index is 2.03. The molecule has 0 aliphatic heterocycles. The molecule has 1 aliphatic carbocycles. The first-order valence-electron chi connectivity index (χ1n) is 5.85. The summed E-state index contributed by atoms with van der Waals surface area (Å²) in [6.45, 7) is 4.49. The molecule has 2 aromatic rings. The molecule has 3 N–H and O–H groups in total. The van der Waals surface area contributed by atoms with E-state index in [0.717, 1.165) is 16.7 Å². The number of aromatic nitrogens is 2. The lowest BCUT2D eigenvalue weighted by atomic mass is 10.2. The standard InChI is InChI=1S/C13H16N4/c1-13(2)7-10(13)16-11-8-5-3-4-6-9(8)15-12(14)17-11/h3-6,10H,7H2,1-2H3,(H3,14,15,16,17). The Morgan fingerprint density at radius 2 is 2.00 bits per heavy atom. The molecule has 1 saturated carbocycles. The van der Waals surface area contributed by atoms with E-state index >= 15 is 0 Å². The number of anilines is 2. The average molecular weight is 228 g/mol. The van der Waals surface area contributed by atoms with Gasteiger partial charge in [0.2, 0.25) is 5.95 Å². The summed E-state index contributed by atoms with van der Waals surface area (Å²) >= 11 is 0. The predicted molar refractivity (Wildman–Crippen MR) is 69.8 cm³/mol. The topological polar surface area (TPSA) is 63.8 Å². The molecule has 1 aromatic carbocycles. The molecule has 0 saturated heterocycles. The van der Waals surface area contributed by atoms with Crippen LogP contribution in [-0.4, -0.2) is 16.0 Å². The van der Waals surface area contributed by atoms with Gasteiger partial charge in [-0.3, -0.25) is 0 Å². The number of hydrogen-bond acceptors (Lipinski definition) is 4. The van der Waals surface area contributed by atoms with Crippen molar-refractivity contribution in [2.75, 3.05) is 11.1 Å². The van der Waals surface area contributed by atoms with Crippen molar-refractivity contribution in [2.45, 2.75) is 26.3 Å². The summed E-state index contributed by atoms with van der Waals surface area (Å²) in [5.74, 6) is 1.17. The molecule has 4 nitrogen and oxygen atoms in total. The highest BCUT2D eigenvalue weighted by Crippen LogP contribution is 2.46. The van der Waals surface area contributed by atoms with Crippen LogP contribution in [-0.2, 0) is 0 Å². The minimum atomic E-state index is 0.324. The maximum Gasteiger partial charge on any atom is 0.222 e. The molecule has 1 fully saturated rings. The van der Waals surface area contributed by atoms with Gasteiger partial charge in [0.05, 0.1) is 5.52 Å². The number of nitrogen functional groups attached to an aromatic ring is 1. The number of nitrogens with two attached hydrogens (primary N) is 1. The molecule has 1 aliphatic rings. The minimum Gasteiger partial charge on any atom is -0.368 e. The molecule has 1 atom stereocenters. The number of para-hydroxylation sites is 1. The first-order chi connectivity index (χ1) is 8.06. The molecule has 0 amide bonds. The van der Waals surface area contributed by atoms with Crippen LogP contribution in [0.1, 0.15) is 20.3 Å². The van der Waals surface area contributed by atoms with Gasteiger partial charge in [-0.15, -0.1) is 0 Å². The highest BCUT2D eigenvalue weighted by Gasteiger charge is 2.46. The van der Waals surface area contributed by atoms with Crippen molar-refractivity contribution in [2.24, 2.45) is 5.41 Å². The normalized spacial score (nSPS) is 21.4. The Labute approximate surface area is 100 Å². The predicted octanol–water partition coefficient (Wildman–Crippen LogP) is 2.42. The molecule has 3 rings (SSSR count). The number of benzene rings is 1. The quantitative estimate of drug-likeness (QED) is 0.828. The lowest BCUT2D eigenvalue weighted by Gasteiger charge is -2.10. The molecule has 1 heterocycles. The van der Waals surface area contributed by atoms with Crippen LogP contribution in [0, 0.1) is 5.41 Å². The second-order valence-corrected chi connectivity index (χ2v) is 5.34. The van der Waals surface area contributed by atoms with E-state index in [9.17, 15) is 0 Å². The van der Waals surface area contributed by atoms with Gasteiger partial charge in [-0.25, -0.2) is 4.98 Å². The summed E-state index contributed by atoms with van der Waals surface area (Å²) in [7, 11) is 0. The van der Waals surface area contributed by atoms with Crippen molar-refractivity contribution >= 4 is 22.7 Å². The van der Waals surface area contributed by atoms with Crippen LogP contribution in [0.5, 0.6) is 0 Å². The van der Waals surface area contributed by atoms with Crippen LogP contribution in [0.3, 0.4) is 0 Å². The van der Waals surface area contributed by atoms with Gasteiger partial charge in [0.25, 0.3) is 0 Å². The number of hydrogen-bond donors (Lipinski definition) is 2.